The second kappa shape index (κ2) is 7.50. The number of carbonyl (C=O) groups is 1. The van der Waals surface area contributed by atoms with E-state index in [1.807, 2.05) is 70.2 Å². The summed E-state index contributed by atoms with van der Waals surface area (Å²) in [5.41, 5.74) is 3.28. The van der Waals surface area contributed by atoms with Gasteiger partial charge in [0.05, 0.1) is 18.5 Å². The molecule has 1 heterocycles. The molecule has 3 aromatic rings. The van der Waals surface area contributed by atoms with Crippen molar-refractivity contribution >= 4 is 5.91 Å². The third-order valence-electron chi connectivity index (χ3n) is 5.05. The fourth-order valence-electron chi connectivity index (χ4n) is 3.53. The topological polar surface area (TPSA) is 47.4 Å². The van der Waals surface area contributed by atoms with Crippen molar-refractivity contribution < 1.29 is 9.53 Å². The number of ether oxygens (including phenoxy) is 1. The third-order valence-corrected chi connectivity index (χ3v) is 5.05. The van der Waals surface area contributed by atoms with E-state index in [-0.39, 0.29) is 11.9 Å². The minimum Gasteiger partial charge on any atom is -0.497 e. The summed E-state index contributed by atoms with van der Waals surface area (Å²) in [6.07, 6.45) is 2.16. The number of hydrogen-bond donors (Lipinski definition) is 0. The van der Waals surface area contributed by atoms with E-state index in [0.29, 0.717) is 11.7 Å². The highest BCUT2D eigenvalue weighted by atomic mass is 16.5. The van der Waals surface area contributed by atoms with Gasteiger partial charge >= 0.3 is 0 Å². The highest BCUT2D eigenvalue weighted by Crippen LogP contribution is 2.31. The van der Waals surface area contributed by atoms with Crippen LogP contribution in [0.25, 0.3) is 16.9 Å². The average molecular weight is 375 g/mol. The summed E-state index contributed by atoms with van der Waals surface area (Å²) in [5, 5.41) is 4.71. The van der Waals surface area contributed by atoms with E-state index < -0.39 is 0 Å². The minimum absolute atomic E-state index is 0.00180. The molecule has 5 heteroatoms. The van der Waals surface area contributed by atoms with Gasteiger partial charge in [-0.15, -0.1) is 0 Å². The van der Waals surface area contributed by atoms with E-state index in [4.69, 9.17) is 9.84 Å². The van der Waals surface area contributed by atoms with Crippen molar-refractivity contribution in [2.24, 2.45) is 0 Å². The summed E-state index contributed by atoms with van der Waals surface area (Å²) in [6, 6.07) is 20.1. The first kappa shape index (κ1) is 18.3. The Kier molecular flexibility index (Phi) is 4.90. The molecule has 28 heavy (non-hydrogen) atoms. The molecule has 0 atom stereocenters. The van der Waals surface area contributed by atoms with Gasteiger partial charge in [0.1, 0.15) is 5.75 Å². The molecule has 1 aliphatic carbocycles. The number of amides is 1. The maximum Gasteiger partial charge on any atom is 0.274 e. The van der Waals surface area contributed by atoms with E-state index in [2.05, 4.69) is 13.8 Å². The number of methoxy groups -OCH3 is 1. The Bertz CT molecular complexity index is 955. The van der Waals surface area contributed by atoms with Crippen LogP contribution in [0.1, 0.15) is 37.2 Å². The Hall–Kier alpha value is -3.08. The Morgan fingerprint density at radius 1 is 1.11 bits per heavy atom. The molecule has 0 N–H and O–H groups in total. The van der Waals surface area contributed by atoms with Gasteiger partial charge < -0.3 is 9.64 Å². The number of carbonyl (C=O) groups excluding carboxylic acids is 1. The second-order valence-electron chi connectivity index (χ2n) is 7.43. The number of benzene rings is 2. The molecule has 1 saturated carbocycles. The zero-order valence-corrected chi connectivity index (χ0v) is 16.5. The van der Waals surface area contributed by atoms with Crippen LogP contribution in [0, 0.1) is 0 Å². The van der Waals surface area contributed by atoms with Crippen LogP contribution >= 0.6 is 0 Å². The Balaban J connectivity index is 1.78. The first-order valence-corrected chi connectivity index (χ1v) is 9.71. The molecular weight excluding hydrogens is 350 g/mol. The lowest BCUT2D eigenvalue weighted by atomic mass is 10.1. The van der Waals surface area contributed by atoms with Gasteiger partial charge in [-0.05, 0) is 69.2 Å². The average Bonchev–Trinajstić information content (AvgIpc) is 3.44. The molecule has 0 bridgehead atoms. The normalized spacial score (nSPS) is 13.6. The molecule has 5 nitrogen and oxygen atoms in total. The molecule has 2 aromatic carbocycles. The Morgan fingerprint density at radius 2 is 1.79 bits per heavy atom. The number of para-hydroxylation sites is 1. The first-order chi connectivity index (χ1) is 13.6. The van der Waals surface area contributed by atoms with Gasteiger partial charge in [-0.3, -0.25) is 4.79 Å². The van der Waals surface area contributed by atoms with Gasteiger partial charge in [0.2, 0.25) is 0 Å². The lowest BCUT2D eigenvalue weighted by Gasteiger charge is -2.25. The van der Waals surface area contributed by atoms with Crippen molar-refractivity contribution in [3.63, 3.8) is 0 Å². The SMILES string of the molecule is COc1ccc(-c2cc(C(=O)N(C(C)C)C3CC3)nn2-c2ccccc2)cc1. The van der Waals surface area contributed by atoms with Crippen molar-refractivity contribution in [2.75, 3.05) is 7.11 Å². The summed E-state index contributed by atoms with van der Waals surface area (Å²) < 4.78 is 7.12. The van der Waals surface area contributed by atoms with Crippen molar-refractivity contribution in [1.29, 1.82) is 0 Å². The predicted molar refractivity (Wildman–Crippen MR) is 110 cm³/mol. The quantitative estimate of drug-likeness (QED) is 0.634. The van der Waals surface area contributed by atoms with E-state index in [9.17, 15) is 4.79 Å². The standard InChI is InChI=1S/C23H25N3O2/c1-16(2)25(18-11-12-18)23(27)21-15-22(17-9-13-20(28-3)14-10-17)26(24-21)19-7-5-4-6-8-19/h4-10,13-16,18H,11-12H2,1-3H3. The van der Waals surface area contributed by atoms with Crippen LogP contribution in [0.15, 0.2) is 60.7 Å². The van der Waals surface area contributed by atoms with Crippen LogP contribution in [-0.4, -0.2) is 39.8 Å². The number of hydrogen-bond acceptors (Lipinski definition) is 3. The Morgan fingerprint density at radius 3 is 2.36 bits per heavy atom. The van der Waals surface area contributed by atoms with Gasteiger partial charge in [0.25, 0.3) is 5.91 Å². The van der Waals surface area contributed by atoms with E-state index in [1.54, 1.807) is 7.11 Å². The maximum absolute atomic E-state index is 13.2. The van der Waals surface area contributed by atoms with Gasteiger partial charge in [-0.2, -0.15) is 5.10 Å². The van der Waals surface area contributed by atoms with E-state index in [1.165, 1.54) is 0 Å². The first-order valence-electron chi connectivity index (χ1n) is 9.71. The fourth-order valence-corrected chi connectivity index (χ4v) is 3.53. The molecule has 4 rings (SSSR count). The molecule has 1 amide bonds. The summed E-state index contributed by atoms with van der Waals surface area (Å²) in [7, 11) is 1.65. The van der Waals surface area contributed by atoms with Gasteiger partial charge in [0, 0.05) is 17.6 Å². The fraction of sp³-hybridized carbons (Fsp3) is 0.304. The highest BCUT2D eigenvalue weighted by molar-refractivity contribution is 5.94. The number of aromatic nitrogens is 2. The highest BCUT2D eigenvalue weighted by Gasteiger charge is 2.36. The zero-order valence-electron chi connectivity index (χ0n) is 16.5. The van der Waals surface area contributed by atoms with Crippen LogP contribution < -0.4 is 4.74 Å². The van der Waals surface area contributed by atoms with Crippen molar-refractivity contribution in [3.05, 3.63) is 66.4 Å². The van der Waals surface area contributed by atoms with Gasteiger partial charge in [-0.1, -0.05) is 18.2 Å². The van der Waals surface area contributed by atoms with Crippen molar-refractivity contribution in [3.8, 4) is 22.7 Å². The maximum atomic E-state index is 13.2. The second-order valence-corrected chi connectivity index (χ2v) is 7.43. The lowest BCUT2D eigenvalue weighted by Crippen LogP contribution is -2.39. The summed E-state index contributed by atoms with van der Waals surface area (Å²) in [6.45, 7) is 4.13. The zero-order chi connectivity index (χ0) is 19.7. The molecule has 1 aliphatic rings. The molecular formula is C23H25N3O2. The molecule has 1 fully saturated rings. The van der Waals surface area contributed by atoms with E-state index in [0.717, 1.165) is 35.5 Å². The van der Waals surface area contributed by atoms with Crippen LogP contribution in [0.5, 0.6) is 5.75 Å². The van der Waals surface area contributed by atoms with Crippen LogP contribution in [0.3, 0.4) is 0 Å². The third kappa shape index (κ3) is 3.52. The smallest absolute Gasteiger partial charge is 0.274 e. The largest absolute Gasteiger partial charge is 0.497 e. The molecule has 0 spiro atoms. The molecule has 0 saturated heterocycles. The molecule has 1 aromatic heterocycles. The van der Waals surface area contributed by atoms with Gasteiger partial charge in [0.15, 0.2) is 5.69 Å². The molecule has 0 aliphatic heterocycles. The van der Waals surface area contributed by atoms with Crippen molar-refractivity contribution in [1.82, 2.24) is 14.7 Å². The van der Waals surface area contributed by atoms with E-state index >= 15 is 0 Å². The minimum atomic E-state index is 0.00180. The predicted octanol–water partition coefficient (Wildman–Crippen LogP) is 4.56. The summed E-state index contributed by atoms with van der Waals surface area (Å²) >= 11 is 0. The lowest BCUT2D eigenvalue weighted by molar-refractivity contribution is 0.0683. The molecule has 0 radical (unpaired) electrons. The summed E-state index contributed by atoms with van der Waals surface area (Å²) in [5.74, 6) is 0.799. The Labute approximate surface area is 165 Å². The monoisotopic (exact) mass is 375 g/mol. The van der Waals surface area contributed by atoms with Crippen LogP contribution in [-0.2, 0) is 0 Å². The van der Waals surface area contributed by atoms with Crippen LogP contribution in [0.4, 0.5) is 0 Å². The number of rotatable bonds is 6. The van der Waals surface area contributed by atoms with Crippen molar-refractivity contribution in [2.45, 2.75) is 38.8 Å². The number of nitrogens with zero attached hydrogens (tertiary/aromatic N) is 3. The summed E-state index contributed by atoms with van der Waals surface area (Å²) in [4.78, 5) is 15.2. The van der Waals surface area contributed by atoms with Crippen LogP contribution in [0.2, 0.25) is 0 Å². The molecule has 144 valence electrons. The molecule has 0 unspecified atom stereocenters. The van der Waals surface area contributed by atoms with Gasteiger partial charge in [-0.25, -0.2) is 4.68 Å².